The zero-order chi connectivity index (χ0) is 14.7. The van der Waals surface area contributed by atoms with E-state index in [1.54, 1.807) is 6.20 Å². The molecule has 1 aliphatic heterocycles. The molecule has 0 N–H and O–H groups in total. The fourth-order valence-electron chi connectivity index (χ4n) is 2.15. The summed E-state index contributed by atoms with van der Waals surface area (Å²) in [4.78, 5) is 16.3. The largest absolute Gasteiger partial charge is 0.466 e. The molecule has 1 aromatic carbocycles. The number of benzene rings is 1. The lowest BCUT2D eigenvalue weighted by Gasteiger charge is -2.28. The summed E-state index contributed by atoms with van der Waals surface area (Å²) in [5, 5.41) is 5.79. The number of ether oxygens (including phenoxy) is 1. The van der Waals surface area contributed by atoms with Crippen molar-refractivity contribution in [3.05, 3.63) is 66.0 Å². The molecule has 2 aromatic rings. The number of carbonyl (C=O) groups is 1. The van der Waals surface area contributed by atoms with Crippen molar-refractivity contribution in [2.75, 3.05) is 6.61 Å². The second-order valence-electron chi connectivity index (χ2n) is 4.73. The molecule has 1 unspecified atom stereocenters. The van der Waals surface area contributed by atoms with E-state index in [2.05, 4.69) is 10.1 Å². The molecule has 114 valence electrons. The second kappa shape index (κ2) is 7.04. The molecule has 1 aromatic heterocycles. The van der Waals surface area contributed by atoms with Crippen LogP contribution < -0.4 is 0 Å². The van der Waals surface area contributed by atoms with Gasteiger partial charge in [0.05, 0.1) is 11.7 Å². The summed E-state index contributed by atoms with van der Waals surface area (Å²) in [6, 6.07) is 14.9. The van der Waals surface area contributed by atoms with Gasteiger partial charge >= 0.3 is 0 Å². The maximum Gasteiger partial charge on any atom is 0.281 e. The highest BCUT2D eigenvalue weighted by molar-refractivity contribution is 5.98. The first-order valence-electron chi connectivity index (χ1n) is 6.75. The molecule has 0 saturated heterocycles. The second-order valence-corrected chi connectivity index (χ2v) is 4.73. The van der Waals surface area contributed by atoms with Crippen LogP contribution in [0, 0.1) is 0 Å². The highest BCUT2D eigenvalue weighted by Gasteiger charge is 2.28. The first kappa shape index (κ1) is 16.0. The van der Waals surface area contributed by atoms with Crippen LogP contribution in [0.2, 0.25) is 0 Å². The standard InChI is InChI=1S/C16H15N3O2.ClH/c1-12(14-9-5-6-10-17-14)19-15(20)11-21-16(18-19)13-7-3-2-4-8-13;/h2-10,12H,11H2,1H3;1H. The number of hydrogen-bond acceptors (Lipinski definition) is 4. The fraction of sp³-hybridized carbons (Fsp3) is 0.188. The highest BCUT2D eigenvalue weighted by Crippen LogP contribution is 2.22. The predicted octanol–water partition coefficient (Wildman–Crippen LogP) is 2.79. The summed E-state index contributed by atoms with van der Waals surface area (Å²) < 4.78 is 5.43. The first-order valence-corrected chi connectivity index (χ1v) is 6.75. The minimum atomic E-state index is -0.235. The van der Waals surface area contributed by atoms with Crippen molar-refractivity contribution >= 4 is 24.2 Å². The fourth-order valence-corrected chi connectivity index (χ4v) is 2.15. The van der Waals surface area contributed by atoms with Gasteiger partial charge < -0.3 is 4.74 Å². The summed E-state index contributed by atoms with van der Waals surface area (Å²) in [6.07, 6.45) is 1.71. The summed E-state index contributed by atoms with van der Waals surface area (Å²) in [5.41, 5.74) is 1.65. The van der Waals surface area contributed by atoms with Gasteiger partial charge in [0.1, 0.15) is 0 Å². The summed E-state index contributed by atoms with van der Waals surface area (Å²) in [5.74, 6) is 0.283. The van der Waals surface area contributed by atoms with Gasteiger partial charge in [0.25, 0.3) is 5.91 Å². The summed E-state index contributed by atoms with van der Waals surface area (Å²) >= 11 is 0. The van der Waals surface area contributed by atoms with Crippen LogP contribution in [0.1, 0.15) is 24.2 Å². The van der Waals surface area contributed by atoms with Gasteiger partial charge in [-0.1, -0.05) is 24.3 Å². The van der Waals surface area contributed by atoms with Gasteiger partial charge in [-0.25, -0.2) is 5.01 Å². The molecular formula is C16H16ClN3O2. The van der Waals surface area contributed by atoms with E-state index in [4.69, 9.17) is 4.74 Å². The molecule has 2 heterocycles. The molecule has 1 atom stereocenters. The van der Waals surface area contributed by atoms with Crippen molar-refractivity contribution in [1.82, 2.24) is 9.99 Å². The summed E-state index contributed by atoms with van der Waals surface area (Å²) in [6.45, 7) is 1.89. The molecule has 0 bridgehead atoms. The monoisotopic (exact) mass is 317 g/mol. The quantitative estimate of drug-likeness (QED) is 0.874. The van der Waals surface area contributed by atoms with Crippen LogP contribution >= 0.6 is 12.4 Å². The van der Waals surface area contributed by atoms with E-state index >= 15 is 0 Å². The topological polar surface area (TPSA) is 54.8 Å². The lowest BCUT2D eigenvalue weighted by Crippen LogP contribution is -2.38. The number of amides is 1. The number of pyridine rings is 1. The maximum atomic E-state index is 12.1. The molecule has 22 heavy (non-hydrogen) atoms. The van der Waals surface area contributed by atoms with Crippen molar-refractivity contribution in [3.63, 3.8) is 0 Å². The van der Waals surface area contributed by atoms with E-state index in [0.717, 1.165) is 11.3 Å². The Hall–Kier alpha value is -2.40. The Morgan fingerprint density at radius 3 is 2.55 bits per heavy atom. The molecule has 6 heteroatoms. The van der Waals surface area contributed by atoms with Crippen molar-refractivity contribution in [1.29, 1.82) is 0 Å². The van der Waals surface area contributed by atoms with Crippen molar-refractivity contribution in [2.24, 2.45) is 5.10 Å². The Kier molecular flexibility index (Phi) is 5.12. The molecule has 3 rings (SSSR count). The average molecular weight is 318 g/mol. The van der Waals surface area contributed by atoms with Crippen LogP contribution in [0.25, 0.3) is 0 Å². The van der Waals surface area contributed by atoms with Gasteiger partial charge in [-0.3, -0.25) is 9.78 Å². The third-order valence-corrected chi connectivity index (χ3v) is 3.29. The minimum absolute atomic E-state index is 0. The van der Waals surface area contributed by atoms with Crippen LogP contribution in [0.15, 0.2) is 59.8 Å². The van der Waals surface area contributed by atoms with Crippen LogP contribution in [0.5, 0.6) is 0 Å². The van der Waals surface area contributed by atoms with E-state index in [-0.39, 0.29) is 31.0 Å². The highest BCUT2D eigenvalue weighted by atomic mass is 35.5. The zero-order valence-corrected chi connectivity index (χ0v) is 12.9. The first-order chi connectivity index (χ1) is 10.3. The molecule has 0 fully saturated rings. The molecule has 1 amide bonds. The normalized spacial score (nSPS) is 15.4. The van der Waals surface area contributed by atoms with E-state index < -0.39 is 0 Å². The molecule has 0 radical (unpaired) electrons. The third kappa shape index (κ3) is 3.26. The molecular weight excluding hydrogens is 302 g/mol. The SMILES string of the molecule is CC(c1ccccn1)N1N=C(c2ccccc2)OCC1=O.Cl. The van der Waals surface area contributed by atoms with Crippen LogP contribution in [-0.2, 0) is 9.53 Å². The van der Waals surface area contributed by atoms with E-state index in [9.17, 15) is 4.79 Å². The van der Waals surface area contributed by atoms with Crippen LogP contribution in [0.4, 0.5) is 0 Å². The van der Waals surface area contributed by atoms with Gasteiger partial charge in [-0.05, 0) is 31.2 Å². The lowest BCUT2D eigenvalue weighted by molar-refractivity contribution is -0.138. The number of hydrogen-bond donors (Lipinski definition) is 0. The maximum absolute atomic E-state index is 12.1. The summed E-state index contributed by atoms with van der Waals surface area (Å²) in [7, 11) is 0. The van der Waals surface area contributed by atoms with Crippen LogP contribution in [-0.4, -0.2) is 28.4 Å². The minimum Gasteiger partial charge on any atom is -0.466 e. The van der Waals surface area contributed by atoms with Gasteiger partial charge in [-0.2, -0.15) is 0 Å². The third-order valence-electron chi connectivity index (χ3n) is 3.29. The molecule has 1 aliphatic rings. The number of halogens is 1. The number of carbonyl (C=O) groups excluding carboxylic acids is 1. The van der Waals surface area contributed by atoms with Gasteiger partial charge in [0, 0.05) is 11.8 Å². The molecule has 0 aliphatic carbocycles. The lowest BCUT2D eigenvalue weighted by atomic mass is 10.2. The molecule has 0 saturated carbocycles. The van der Waals surface area contributed by atoms with Crippen molar-refractivity contribution < 1.29 is 9.53 Å². The van der Waals surface area contributed by atoms with Crippen molar-refractivity contribution in [3.8, 4) is 0 Å². The number of aromatic nitrogens is 1. The molecule has 0 spiro atoms. The molecule has 5 nitrogen and oxygen atoms in total. The van der Waals surface area contributed by atoms with Gasteiger partial charge in [0.15, 0.2) is 6.61 Å². The predicted molar refractivity (Wildman–Crippen MR) is 85.7 cm³/mol. The Labute approximate surface area is 135 Å². The average Bonchev–Trinajstić information content (AvgIpc) is 2.56. The van der Waals surface area contributed by atoms with E-state index in [1.807, 2.05) is 55.5 Å². The Morgan fingerprint density at radius 2 is 1.86 bits per heavy atom. The van der Waals surface area contributed by atoms with Gasteiger partial charge in [-0.15, -0.1) is 17.5 Å². The zero-order valence-electron chi connectivity index (χ0n) is 12.0. The van der Waals surface area contributed by atoms with Crippen LogP contribution in [0.3, 0.4) is 0 Å². The van der Waals surface area contributed by atoms with E-state index in [1.165, 1.54) is 5.01 Å². The van der Waals surface area contributed by atoms with Crippen molar-refractivity contribution in [2.45, 2.75) is 13.0 Å². The Morgan fingerprint density at radius 1 is 1.14 bits per heavy atom. The van der Waals surface area contributed by atoms with E-state index in [0.29, 0.717) is 5.90 Å². The number of nitrogens with zero attached hydrogens (tertiary/aromatic N) is 3. The number of hydrazone groups is 1. The smallest absolute Gasteiger partial charge is 0.281 e. The number of rotatable bonds is 3. The Bertz CT molecular complexity index is 662. The van der Waals surface area contributed by atoms with Gasteiger partial charge in [0.2, 0.25) is 5.90 Å². The Balaban J connectivity index is 0.00000176.